The van der Waals surface area contributed by atoms with Crippen LogP contribution in [-0.2, 0) is 20.9 Å². The fraction of sp³-hybridized carbons (Fsp3) is 0.500. The lowest BCUT2D eigenvalue weighted by atomic mass is 10.2. The summed E-state index contributed by atoms with van der Waals surface area (Å²) in [5.41, 5.74) is 0.146. The molecule has 0 aliphatic carbocycles. The Morgan fingerprint density at radius 3 is 2.23 bits per heavy atom. The highest BCUT2D eigenvalue weighted by Crippen LogP contribution is 2.07. The Morgan fingerprint density at radius 1 is 1.08 bits per heavy atom. The summed E-state index contributed by atoms with van der Waals surface area (Å²) in [6.07, 6.45) is -1.42. The molecule has 144 valence electrons. The van der Waals surface area contributed by atoms with Crippen molar-refractivity contribution < 1.29 is 23.9 Å². The molecular formula is C18H27N3O5. The zero-order valence-electron chi connectivity index (χ0n) is 15.9. The van der Waals surface area contributed by atoms with Crippen LogP contribution in [0, 0.1) is 0 Å². The van der Waals surface area contributed by atoms with Crippen LogP contribution in [0.4, 0.5) is 9.59 Å². The van der Waals surface area contributed by atoms with Crippen molar-refractivity contribution in [1.29, 1.82) is 0 Å². The van der Waals surface area contributed by atoms with Gasteiger partial charge in [-0.1, -0.05) is 30.3 Å². The van der Waals surface area contributed by atoms with Crippen molar-refractivity contribution in [3.8, 4) is 0 Å². The van der Waals surface area contributed by atoms with Gasteiger partial charge in [0.05, 0.1) is 6.54 Å². The average molecular weight is 365 g/mol. The number of carbonyl (C=O) groups is 3. The maximum Gasteiger partial charge on any atom is 0.408 e. The number of nitrogens with one attached hydrogen (secondary N) is 2. The van der Waals surface area contributed by atoms with E-state index < -0.39 is 23.8 Å². The molecule has 0 radical (unpaired) electrons. The van der Waals surface area contributed by atoms with E-state index in [1.807, 2.05) is 30.3 Å². The SMILES string of the molecule is CN(C)C(=O)C(CNC(=O)OCc1ccccc1)NC(=O)OC(C)(C)C. The quantitative estimate of drug-likeness (QED) is 0.802. The summed E-state index contributed by atoms with van der Waals surface area (Å²) in [7, 11) is 3.11. The minimum atomic E-state index is -0.968. The molecule has 1 aromatic rings. The van der Waals surface area contributed by atoms with Crippen LogP contribution >= 0.6 is 0 Å². The van der Waals surface area contributed by atoms with E-state index in [9.17, 15) is 14.4 Å². The highest BCUT2D eigenvalue weighted by molar-refractivity contribution is 5.86. The number of nitrogens with zero attached hydrogens (tertiary/aromatic N) is 1. The van der Waals surface area contributed by atoms with E-state index in [4.69, 9.17) is 9.47 Å². The third-order valence-corrected chi connectivity index (χ3v) is 3.09. The Labute approximate surface area is 153 Å². The zero-order chi connectivity index (χ0) is 19.7. The second kappa shape index (κ2) is 9.65. The van der Waals surface area contributed by atoms with Crippen LogP contribution < -0.4 is 10.6 Å². The van der Waals surface area contributed by atoms with Crippen LogP contribution in [0.3, 0.4) is 0 Å². The first-order chi connectivity index (χ1) is 12.1. The van der Waals surface area contributed by atoms with Crippen LogP contribution in [0.25, 0.3) is 0 Å². The predicted octanol–water partition coefficient (Wildman–Crippen LogP) is 1.89. The monoisotopic (exact) mass is 365 g/mol. The normalized spacial score (nSPS) is 11.9. The molecule has 1 aromatic carbocycles. The van der Waals surface area contributed by atoms with Crippen molar-refractivity contribution in [2.75, 3.05) is 20.6 Å². The van der Waals surface area contributed by atoms with Gasteiger partial charge in [-0.05, 0) is 26.3 Å². The molecule has 3 amide bonds. The lowest BCUT2D eigenvalue weighted by Crippen LogP contribution is -2.53. The van der Waals surface area contributed by atoms with E-state index in [1.165, 1.54) is 4.90 Å². The van der Waals surface area contributed by atoms with Gasteiger partial charge in [-0.2, -0.15) is 0 Å². The van der Waals surface area contributed by atoms with Gasteiger partial charge in [0.2, 0.25) is 5.91 Å². The molecule has 0 aromatic heterocycles. The average Bonchev–Trinajstić information content (AvgIpc) is 2.55. The molecule has 8 heteroatoms. The molecular weight excluding hydrogens is 338 g/mol. The number of likely N-dealkylation sites (N-methyl/N-ethyl adjacent to an activating group) is 1. The fourth-order valence-electron chi connectivity index (χ4n) is 1.92. The van der Waals surface area contributed by atoms with Crippen molar-refractivity contribution in [2.45, 2.75) is 39.0 Å². The smallest absolute Gasteiger partial charge is 0.408 e. The standard InChI is InChI=1S/C18H27N3O5/c1-18(2,3)26-17(24)20-14(15(22)21(4)5)11-19-16(23)25-12-13-9-7-6-8-10-13/h6-10,14H,11-12H2,1-5H3,(H,19,23)(H,20,24). The largest absolute Gasteiger partial charge is 0.445 e. The van der Waals surface area contributed by atoms with Gasteiger partial charge in [-0.15, -0.1) is 0 Å². The van der Waals surface area contributed by atoms with Crippen LogP contribution in [0.5, 0.6) is 0 Å². The summed E-state index contributed by atoms with van der Waals surface area (Å²) < 4.78 is 10.2. The molecule has 0 heterocycles. The van der Waals surface area contributed by atoms with Gasteiger partial charge in [0.25, 0.3) is 0 Å². The van der Waals surface area contributed by atoms with E-state index in [2.05, 4.69) is 10.6 Å². The molecule has 1 atom stereocenters. The van der Waals surface area contributed by atoms with Gasteiger partial charge < -0.3 is 25.0 Å². The second-order valence-corrected chi connectivity index (χ2v) is 6.87. The first-order valence-electron chi connectivity index (χ1n) is 8.23. The molecule has 26 heavy (non-hydrogen) atoms. The molecule has 2 N–H and O–H groups in total. The van der Waals surface area contributed by atoms with E-state index in [0.29, 0.717) is 0 Å². The van der Waals surface area contributed by atoms with Gasteiger partial charge in [0, 0.05) is 14.1 Å². The van der Waals surface area contributed by atoms with E-state index in [-0.39, 0.29) is 19.1 Å². The third kappa shape index (κ3) is 8.36. The number of carbonyl (C=O) groups excluding carboxylic acids is 3. The van der Waals surface area contributed by atoms with Crippen molar-refractivity contribution in [2.24, 2.45) is 0 Å². The molecule has 0 bridgehead atoms. The topological polar surface area (TPSA) is 97.0 Å². The van der Waals surface area contributed by atoms with Gasteiger partial charge in [-0.3, -0.25) is 4.79 Å². The Bertz CT molecular complexity index is 611. The Balaban J connectivity index is 2.55. The van der Waals surface area contributed by atoms with Gasteiger partial charge in [0.1, 0.15) is 18.2 Å². The summed E-state index contributed by atoms with van der Waals surface area (Å²) in [4.78, 5) is 37.2. The molecule has 1 rings (SSSR count). The van der Waals surface area contributed by atoms with E-state index >= 15 is 0 Å². The molecule has 1 unspecified atom stereocenters. The van der Waals surface area contributed by atoms with Gasteiger partial charge in [-0.25, -0.2) is 9.59 Å². The first kappa shape index (κ1) is 21.3. The Morgan fingerprint density at radius 2 is 1.69 bits per heavy atom. The highest BCUT2D eigenvalue weighted by atomic mass is 16.6. The molecule has 0 saturated heterocycles. The molecule has 0 saturated carbocycles. The van der Waals surface area contributed by atoms with Gasteiger partial charge >= 0.3 is 12.2 Å². The Kier molecular flexibility index (Phi) is 7.89. The molecule has 0 fully saturated rings. The number of alkyl carbamates (subject to hydrolysis) is 2. The summed E-state index contributed by atoms with van der Waals surface area (Å²) >= 11 is 0. The molecule has 0 spiro atoms. The minimum Gasteiger partial charge on any atom is -0.445 e. The van der Waals surface area contributed by atoms with Crippen LogP contribution in [0.2, 0.25) is 0 Å². The lowest BCUT2D eigenvalue weighted by molar-refractivity contribution is -0.130. The van der Waals surface area contributed by atoms with Crippen molar-refractivity contribution >= 4 is 18.1 Å². The van der Waals surface area contributed by atoms with Crippen LogP contribution in [0.1, 0.15) is 26.3 Å². The summed E-state index contributed by atoms with van der Waals surface area (Å²) in [6.45, 7) is 5.14. The van der Waals surface area contributed by atoms with Crippen molar-refractivity contribution in [3.63, 3.8) is 0 Å². The summed E-state index contributed by atoms with van der Waals surface area (Å²) in [5, 5.41) is 4.94. The van der Waals surface area contributed by atoms with Crippen LogP contribution in [-0.4, -0.2) is 55.3 Å². The van der Waals surface area contributed by atoms with E-state index in [0.717, 1.165) is 5.56 Å². The van der Waals surface area contributed by atoms with Crippen molar-refractivity contribution in [1.82, 2.24) is 15.5 Å². The molecule has 0 aliphatic rings. The maximum absolute atomic E-state index is 12.2. The Hall–Kier alpha value is -2.77. The number of ether oxygens (including phenoxy) is 2. The predicted molar refractivity (Wildman–Crippen MR) is 96.5 cm³/mol. The fourth-order valence-corrected chi connectivity index (χ4v) is 1.92. The number of benzene rings is 1. The summed E-state index contributed by atoms with van der Waals surface area (Å²) in [5.74, 6) is -0.376. The summed E-state index contributed by atoms with van der Waals surface area (Å²) in [6, 6.07) is 8.24. The third-order valence-electron chi connectivity index (χ3n) is 3.09. The van der Waals surface area contributed by atoms with Gasteiger partial charge in [0.15, 0.2) is 0 Å². The lowest BCUT2D eigenvalue weighted by Gasteiger charge is -2.25. The number of rotatable bonds is 6. The number of amides is 3. The minimum absolute atomic E-state index is 0.110. The first-order valence-corrected chi connectivity index (χ1v) is 8.23. The number of hydrogen-bond acceptors (Lipinski definition) is 5. The zero-order valence-corrected chi connectivity index (χ0v) is 15.9. The second-order valence-electron chi connectivity index (χ2n) is 6.87. The number of hydrogen-bond donors (Lipinski definition) is 2. The van der Waals surface area contributed by atoms with E-state index in [1.54, 1.807) is 34.9 Å². The van der Waals surface area contributed by atoms with Crippen molar-refractivity contribution in [3.05, 3.63) is 35.9 Å². The van der Waals surface area contributed by atoms with Crippen LogP contribution in [0.15, 0.2) is 30.3 Å². The maximum atomic E-state index is 12.2. The molecule has 8 nitrogen and oxygen atoms in total. The highest BCUT2D eigenvalue weighted by Gasteiger charge is 2.26. The molecule has 0 aliphatic heterocycles.